The van der Waals surface area contributed by atoms with E-state index in [2.05, 4.69) is 13.8 Å². The molecule has 0 bridgehead atoms. The minimum atomic E-state index is -0.495. The third kappa shape index (κ3) is 18.0. The molecule has 0 aromatic carbocycles. The molecule has 2 heteroatoms. The summed E-state index contributed by atoms with van der Waals surface area (Å²) in [5.41, 5.74) is 0. The van der Waals surface area contributed by atoms with Gasteiger partial charge in [0.05, 0.1) is 12.7 Å². The molecule has 22 heavy (non-hydrogen) atoms. The normalized spacial score (nSPS) is 13.0. The van der Waals surface area contributed by atoms with E-state index in [4.69, 9.17) is 5.11 Å². The Bertz CT molecular complexity index is 204. The van der Waals surface area contributed by atoms with Crippen LogP contribution in [0.25, 0.3) is 0 Å². The van der Waals surface area contributed by atoms with Gasteiger partial charge in [0.2, 0.25) is 0 Å². The lowest BCUT2D eigenvalue weighted by Crippen LogP contribution is -2.10. The molecule has 0 heterocycles. The van der Waals surface area contributed by atoms with Gasteiger partial charge in [-0.05, 0) is 12.3 Å². The second kappa shape index (κ2) is 17.3. The molecule has 0 aromatic heterocycles. The van der Waals surface area contributed by atoms with E-state index >= 15 is 0 Å². The van der Waals surface area contributed by atoms with Gasteiger partial charge in [0.1, 0.15) is 0 Å². The van der Waals surface area contributed by atoms with Crippen molar-refractivity contribution in [1.82, 2.24) is 0 Å². The zero-order valence-electron chi connectivity index (χ0n) is 15.4. The van der Waals surface area contributed by atoms with Crippen LogP contribution >= 0.6 is 0 Å². The Kier molecular flexibility index (Phi) is 17.2. The number of rotatable bonds is 17. The Balaban J connectivity index is 3.00. The predicted molar refractivity (Wildman–Crippen MR) is 97.2 cm³/mol. The fourth-order valence-electron chi connectivity index (χ4n) is 2.97. The van der Waals surface area contributed by atoms with Gasteiger partial charge in [-0.2, -0.15) is 0 Å². The van der Waals surface area contributed by atoms with Crippen LogP contribution in [0.2, 0.25) is 0 Å². The molecule has 0 unspecified atom stereocenters. The van der Waals surface area contributed by atoms with Crippen molar-refractivity contribution in [3.8, 4) is 0 Å². The van der Waals surface area contributed by atoms with Crippen LogP contribution in [0.5, 0.6) is 0 Å². The largest absolute Gasteiger partial charge is 0.394 e. The van der Waals surface area contributed by atoms with Crippen molar-refractivity contribution < 1.29 is 10.2 Å². The molecule has 0 aliphatic heterocycles. The first-order valence-electron chi connectivity index (χ1n) is 9.95. The molecule has 2 nitrogen and oxygen atoms in total. The lowest BCUT2D eigenvalue weighted by molar-refractivity contribution is 0.0860. The summed E-state index contributed by atoms with van der Waals surface area (Å²) < 4.78 is 0. The summed E-state index contributed by atoms with van der Waals surface area (Å²) in [6, 6.07) is 0. The van der Waals surface area contributed by atoms with Gasteiger partial charge in [0, 0.05) is 0 Å². The first kappa shape index (κ1) is 21.9. The van der Waals surface area contributed by atoms with E-state index in [9.17, 15) is 5.11 Å². The number of aliphatic hydroxyl groups is 2. The fraction of sp³-hybridized carbons (Fsp3) is 1.00. The van der Waals surface area contributed by atoms with Crippen molar-refractivity contribution in [3.63, 3.8) is 0 Å². The van der Waals surface area contributed by atoms with E-state index in [1.54, 1.807) is 0 Å². The van der Waals surface area contributed by atoms with Gasteiger partial charge < -0.3 is 10.2 Å². The number of aliphatic hydroxyl groups excluding tert-OH is 2. The van der Waals surface area contributed by atoms with Crippen LogP contribution in [0, 0.1) is 5.92 Å². The average molecular weight is 315 g/mol. The lowest BCUT2D eigenvalue weighted by atomic mass is 10.0. The summed E-state index contributed by atoms with van der Waals surface area (Å²) in [6.45, 7) is 4.55. The van der Waals surface area contributed by atoms with E-state index in [-0.39, 0.29) is 6.61 Å². The van der Waals surface area contributed by atoms with Gasteiger partial charge in [-0.3, -0.25) is 0 Å². The smallest absolute Gasteiger partial charge is 0.0770 e. The highest BCUT2D eigenvalue weighted by Gasteiger charge is 2.00. The van der Waals surface area contributed by atoms with Crippen molar-refractivity contribution in [3.05, 3.63) is 0 Å². The maximum Gasteiger partial charge on any atom is 0.0770 e. The van der Waals surface area contributed by atoms with Crippen LogP contribution in [-0.4, -0.2) is 22.9 Å². The Labute approximate surface area is 139 Å². The van der Waals surface area contributed by atoms with E-state index in [0.29, 0.717) is 0 Å². The zero-order valence-corrected chi connectivity index (χ0v) is 15.4. The van der Waals surface area contributed by atoms with Gasteiger partial charge in [-0.25, -0.2) is 0 Å². The molecule has 0 amide bonds. The van der Waals surface area contributed by atoms with Crippen LogP contribution in [0.1, 0.15) is 110 Å². The van der Waals surface area contributed by atoms with Gasteiger partial charge in [-0.15, -0.1) is 0 Å². The molecule has 134 valence electrons. The van der Waals surface area contributed by atoms with Crippen molar-refractivity contribution in [2.45, 2.75) is 116 Å². The molecule has 0 aliphatic carbocycles. The molecular formula is C20H42O2. The van der Waals surface area contributed by atoms with E-state index in [1.165, 1.54) is 83.5 Å². The fourth-order valence-corrected chi connectivity index (χ4v) is 2.97. The molecular weight excluding hydrogens is 272 g/mol. The molecule has 0 rings (SSSR count). The molecule has 0 saturated carbocycles. The van der Waals surface area contributed by atoms with Crippen molar-refractivity contribution in [1.29, 1.82) is 0 Å². The maximum atomic E-state index is 9.22. The van der Waals surface area contributed by atoms with E-state index in [0.717, 1.165) is 18.8 Å². The van der Waals surface area contributed by atoms with Gasteiger partial charge in [-0.1, -0.05) is 104 Å². The standard InChI is InChI=1S/C20H42O2/c1-19(2)16-14-12-10-8-6-4-3-5-7-9-11-13-15-17-20(22)18-21/h19-22H,3-18H2,1-2H3/t20-/m0/s1. The van der Waals surface area contributed by atoms with Crippen molar-refractivity contribution in [2.24, 2.45) is 5.92 Å². The van der Waals surface area contributed by atoms with Crippen molar-refractivity contribution >= 4 is 0 Å². The first-order chi connectivity index (χ1) is 10.7. The summed E-state index contributed by atoms with van der Waals surface area (Å²) in [4.78, 5) is 0. The summed E-state index contributed by atoms with van der Waals surface area (Å²) in [6.07, 6.45) is 19.3. The maximum absolute atomic E-state index is 9.22. The van der Waals surface area contributed by atoms with E-state index < -0.39 is 6.10 Å². The highest BCUT2D eigenvalue weighted by Crippen LogP contribution is 2.14. The van der Waals surface area contributed by atoms with Gasteiger partial charge in [0.25, 0.3) is 0 Å². The Morgan fingerprint density at radius 1 is 0.545 bits per heavy atom. The number of hydrogen-bond acceptors (Lipinski definition) is 2. The summed E-state index contributed by atoms with van der Waals surface area (Å²) in [5.74, 6) is 0.875. The quantitative estimate of drug-likeness (QED) is 0.331. The second-order valence-electron chi connectivity index (χ2n) is 7.40. The molecule has 0 aliphatic rings. The molecule has 0 saturated heterocycles. The average Bonchev–Trinajstić information content (AvgIpc) is 2.50. The molecule has 1 atom stereocenters. The van der Waals surface area contributed by atoms with Crippen LogP contribution in [0.15, 0.2) is 0 Å². The Morgan fingerprint density at radius 2 is 0.864 bits per heavy atom. The topological polar surface area (TPSA) is 40.5 Å². The van der Waals surface area contributed by atoms with Crippen LogP contribution in [-0.2, 0) is 0 Å². The minimum absolute atomic E-state index is 0.0856. The summed E-state index contributed by atoms with van der Waals surface area (Å²) in [7, 11) is 0. The highest BCUT2D eigenvalue weighted by atomic mass is 16.3. The SMILES string of the molecule is CC(C)CCCCCCCCCCCCCCC[C@H](O)CO. The summed E-state index contributed by atoms with van der Waals surface area (Å²) in [5, 5.41) is 17.9. The molecule has 2 N–H and O–H groups in total. The van der Waals surface area contributed by atoms with Gasteiger partial charge in [0.15, 0.2) is 0 Å². The monoisotopic (exact) mass is 314 g/mol. The highest BCUT2D eigenvalue weighted by molar-refractivity contribution is 4.54. The molecule has 0 radical (unpaired) electrons. The third-order valence-electron chi connectivity index (χ3n) is 4.53. The predicted octanol–water partition coefficient (Wildman–Crippen LogP) is 5.85. The van der Waals surface area contributed by atoms with Crippen LogP contribution in [0.3, 0.4) is 0 Å². The molecule has 0 spiro atoms. The third-order valence-corrected chi connectivity index (χ3v) is 4.53. The number of unbranched alkanes of at least 4 members (excludes halogenated alkanes) is 12. The van der Waals surface area contributed by atoms with Crippen LogP contribution in [0.4, 0.5) is 0 Å². The Hall–Kier alpha value is -0.0800. The van der Waals surface area contributed by atoms with E-state index in [1.807, 2.05) is 0 Å². The lowest BCUT2D eigenvalue weighted by Gasteiger charge is -2.06. The Morgan fingerprint density at radius 3 is 1.18 bits per heavy atom. The second-order valence-corrected chi connectivity index (χ2v) is 7.40. The van der Waals surface area contributed by atoms with Crippen molar-refractivity contribution in [2.75, 3.05) is 6.61 Å². The molecule has 0 aromatic rings. The number of hydrogen-bond donors (Lipinski definition) is 2. The minimum Gasteiger partial charge on any atom is -0.394 e. The van der Waals surface area contributed by atoms with Crippen LogP contribution < -0.4 is 0 Å². The zero-order chi connectivity index (χ0) is 16.5. The summed E-state index contributed by atoms with van der Waals surface area (Å²) >= 11 is 0. The molecule has 0 fully saturated rings. The van der Waals surface area contributed by atoms with Gasteiger partial charge >= 0.3 is 0 Å². The first-order valence-corrected chi connectivity index (χ1v) is 9.95.